The summed E-state index contributed by atoms with van der Waals surface area (Å²) in [5, 5.41) is 3.22. The van der Waals surface area contributed by atoms with Crippen LogP contribution in [0.25, 0.3) is 0 Å². The molecule has 1 saturated heterocycles. The zero-order valence-electron chi connectivity index (χ0n) is 3.64. The Kier molecular flexibility index (Phi) is 4.24. The minimum Gasteiger partial charge on any atom is -0.317 e. The Morgan fingerprint density at radius 3 is 1.67 bits per heavy atom. The summed E-state index contributed by atoms with van der Waals surface area (Å²) in [6.07, 6.45) is 2.78. The molecule has 1 N–H and O–H groups in total. The van der Waals surface area contributed by atoms with Crippen molar-refractivity contribution in [3.05, 3.63) is 0 Å². The Labute approximate surface area is 52.8 Å². The van der Waals surface area contributed by atoms with Crippen LogP contribution >= 0.6 is 0 Å². The SMILES string of the molecule is C1CCNC1.[Pt]. The van der Waals surface area contributed by atoms with Gasteiger partial charge in [0.05, 0.1) is 0 Å². The minimum atomic E-state index is 0. The molecule has 1 aliphatic rings. The predicted molar refractivity (Wildman–Crippen MR) is 22.1 cm³/mol. The molecule has 6 heavy (non-hydrogen) atoms. The van der Waals surface area contributed by atoms with E-state index in [4.69, 9.17) is 0 Å². The van der Waals surface area contributed by atoms with Crippen LogP contribution in [0.3, 0.4) is 0 Å². The molecule has 2 heteroatoms. The van der Waals surface area contributed by atoms with Gasteiger partial charge in [0.2, 0.25) is 0 Å². The van der Waals surface area contributed by atoms with Gasteiger partial charge < -0.3 is 5.32 Å². The summed E-state index contributed by atoms with van der Waals surface area (Å²) < 4.78 is 0. The Hall–Kier alpha value is 0.648. The third kappa shape index (κ3) is 1.94. The Morgan fingerprint density at radius 1 is 1.00 bits per heavy atom. The van der Waals surface area contributed by atoms with Gasteiger partial charge in [0.15, 0.2) is 0 Å². The van der Waals surface area contributed by atoms with E-state index in [-0.39, 0.29) is 21.1 Å². The van der Waals surface area contributed by atoms with Crippen molar-refractivity contribution >= 4 is 0 Å². The molecule has 0 aromatic rings. The minimum absolute atomic E-state index is 0. The van der Waals surface area contributed by atoms with Gasteiger partial charge in [0, 0.05) is 21.1 Å². The summed E-state index contributed by atoms with van der Waals surface area (Å²) in [6, 6.07) is 0. The quantitative estimate of drug-likeness (QED) is 0.668. The first-order valence-corrected chi connectivity index (χ1v) is 2.21. The van der Waals surface area contributed by atoms with Gasteiger partial charge in [-0.25, -0.2) is 0 Å². The second-order valence-electron chi connectivity index (χ2n) is 1.46. The molecule has 0 aromatic carbocycles. The van der Waals surface area contributed by atoms with Crippen molar-refractivity contribution in [2.24, 2.45) is 0 Å². The maximum atomic E-state index is 3.22. The summed E-state index contributed by atoms with van der Waals surface area (Å²) in [5.74, 6) is 0. The van der Waals surface area contributed by atoms with Gasteiger partial charge in [-0.05, 0) is 25.9 Å². The first-order valence-electron chi connectivity index (χ1n) is 2.21. The molecule has 1 heterocycles. The standard InChI is InChI=1S/C4H9N.Pt/c1-2-4-5-3-1;/h5H,1-4H2;. The second-order valence-corrected chi connectivity index (χ2v) is 1.46. The molecule has 0 spiro atoms. The fourth-order valence-corrected chi connectivity index (χ4v) is 0.625. The summed E-state index contributed by atoms with van der Waals surface area (Å²) in [7, 11) is 0. The first kappa shape index (κ1) is 6.65. The summed E-state index contributed by atoms with van der Waals surface area (Å²) in [4.78, 5) is 0. The normalized spacial score (nSPS) is 20.0. The van der Waals surface area contributed by atoms with Crippen molar-refractivity contribution in [1.82, 2.24) is 5.32 Å². The zero-order chi connectivity index (χ0) is 3.54. The van der Waals surface area contributed by atoms with Gasteiger partial charge in [-0.1, -0.05) is 0 Å². The summed E-state index contributed by atoms with van der Waals surface area (Å²) in [5.41, 5.74) is 0. The van der Waals surface area contributed by atoms with E-state index >= 15 is 0 Å². The molecule has 40 valence electrons. The largest absolute Gasteiger partial charge is 0.317 e. The summed E-state index contributed by atoms with van der Waals surface area (Å²) in [6.45, 7) is 2.50. The van der Waals surface area contributed by atoms with E-state index in [1.165, 1.54) is 25.9 Å². The van der Waals surface area contributed by atoms with Gasteiger partial charge in [-0.3, -0.25) is 0 Å². The summed E-state index contributed by atoms with van der Waals surface area (Å²) >= 11 is 0. The number of nitrogens with one attached hydrogen (secondary N) is 1. The molecule has 1 nitrogen and oxygen atoms in total. The van der Waals surface area contributed by atoms with Crippen molar-refractivity contribution in [2.75, 3.05) is 13.1 Å². The Morgan fingerprint density at radius 2 is 1.50 bits per heavy atom. The maximum absolute atomic E-state index is 3.22. The van der Waals surface area contributed by atoms with Crippen molar-refractivity contribution < 1.29 is 21.1 Å². The monoisotopic (exact) mass is 266 g/mol. The smallest absolute Gasteiger partial charge is 0 e. The van der Waals surface area contributed by atoms with Gasteiger partial charge >= 0.3 is 0 Å². The fourth-order valence-electron chi connectivity index (χ4n) is 0.625. The topological polar surface area (TPSA) is 12.0 Å². The van der Waals surface area contributed by atoms with Crippen molar-refractivity contribution in [3.63, 3.8) is 0 Å². The van der Waals surface area contributed by atoms with Crippen LogP contribution in [0.4, 0.5) is 0 Å². The van der Waals surface area contributed by atoms with Crippen molar-refractivity contribution in [1.29, 1.82) is 0 Å². The molecule has 1 aliphatic heterocycles. The average Bonchev–Trinajstić information content (AvgIpc) is 1.76. The maximum Gasteiger partial charge on any atom is 0 e. The Bertz CT molecular complexity index is 19.1. The van der Waals surface area contributed by atoms with Crippen molar-refractivity contribution in [3.8, 4) is 0 Å². The first-order chi connectivity index (χ1) is 2.50. The number of hydrogen-bond acceptors (Lipinski definition) is 1. The third-order valence-electron chi connectivity index (χ3n) is 0.957. The van der Waals surface area contributed by atoms with E-state index in [0.29, 0.717) is 0 Å². The van der Waals surface area contributed by atoms with Crippen LogP contribution in [0.1, 0.15) is 12.8 Å². The van der Waals surface area contributed by atoms with Gasteiger partial charge in [0.1, 0.15) is 0 Å². The van der Waals surface area contributed by atoms with Crippen molar-refractivity contribution in [2.45, 2.75) is 12.8 Å². The van der Waals surface area contributed by atoms with Crippen LogP contribution in [-0.2, 0) is 21.1 Å². The van der Waals surface area contributed by atoms with Crippen LogP contribution in [-0.4, -0.2) is 13.1 Å². The van der Waals surface area contributed by atoms with E-state index in [2.05, 4.69) is 5.32 Å². The molecule has 0 aromatic heterocycles. The second kappa shape index (κ2) is 3.83. The number of rotatable bonds is 0. The van der Waals surface area contributed by atoms with Gasteiger partial charge in [-0.15, -0.1) is 0 Å². The molecule has 0 aliphatic carbocycles. The molecule has 0 bridgehead atoms. The van der Waals surface area contributed by atoms with E-state index in [1.807, 2.05) is 0 Å². The van der Waals surface area contributed by atoms with E-state index in [1.54, 1.807) is 0 Å². The van der Waals surface area contributed by atoms with Gasteiger partial charge in [-0.2, -0.15) is 0 Å². The molecule has 0 amide bonds. The zero-order valence-corrected chi connectivity index (χ0v) is 5.92. The van der Waals surface area contributed by atoms with Crippen LogP contribution in [0.2, 0.25) is 0 Å². The number of hydrogen-bond donors (Lipinski definition) is 1. The molecule has 0 unspecified atom stereocenters. The van der Waals surface area contributed by atoms with Crippen LogP contribution in [0.5, 0.6) is 0 Å². The van der Waals surface area contributed by atoms with Crippen LogP contribution in [0.15, 0.2) is 0 Å². The van der Waals surface area contributed by atoms with E-state index in [9.17, 15) is 0 Å². The van der Waals surface area contributed by atoms with Crippen LogP contribution < -0.4 is 5.32 Å². The third-order valence-corrected chi connectivity index (χ3v) is 0.957. The molecule has 0 saturated carbocycles. The van der Waals surface area contributed by atoms with E-state index in [0.717, 1.165) is 0 Å². The molecular formula is C4H9NPt. The fraction of sp³-hybridized carbons (Fsp3) is 1.00. The molecule has 1 fully saturated rings. The van der Waals surface area contributed by atoms with Gasteiger partial charge in [0.25, 0.3) is 0 Å². The Balaban J connectivity index is 0.000000250. The predicted octanol–water partition coefficient (Wildman–Crippen LogP) is 0.367. The molecular weight excluding hydrogens is 257 g/mol. The average molecular weight is 266 g/mol. The molecule has 1 rings (SSSR count). The van der Waals surface area contributed by atoms with Crippen LogP contribution in [0, 0.1) is 0 Å². The van der Waals surface area contributed by atoms with E-state index < -0.39 is 0 Å². The molecule has 0 radical (unpaired) electrons. The molecule has 0 atom stereocenters.